The maximum absolute atomic E-state index is 5.49. The third-order valence-corrected chi connectivity index (χ3v) is 2.76. The molecular weight excluding hydrogens is 192 g/mol. The average molecular weight is 206 g/mol. The molecule has 0 aliphatic heterocycles. The molecule has 2 aromatic rings. The molecule has 0 aliphatic carbocycles. The molecule has 0 aliphatic rings. The molecule has 0 nitrogen and oxygen atoms in total. The lowest BCUT2D eigenvalue weighted by atomic mass is 9.99. The lowest BCUT2D eigenvalue weighted by Crippen LogP contribution is -1.85. The molecule has 0 bridgehead atoms. The predicted octanol–water partition coefficient (Wildman–Crippen LogP) is 3.90. The van der Waals surface area contributed by atoms with Crippen LogP contribution in [0.2, 0.25) is 0 Å². The van der Waals surface area contributed by atoms with Crippen LogP contribution < -0.4 is 0 Å². The summed E-state index contributed by atoms with van der Waals surface area (Å²) in [7, 11) is 0. The molecule has 0 atom stereocenters. The van der Waals surface area contributed by atoms with Crippen LogP contribution in [0.5, 0.6) is 0 Å². The fourth-order valence-electron chi connectivity index (χ4n) is 1.78. The normalized spacial score (nSPS) is 9.75. The van der Waals surface area contributed by atoms with E-state index in [2.05, 4.69) is 43.2 Å². The lowest BCUT2D eigenvalue weighted by molar-refractivity contribution is 1.14. The first kappa shape index (κ1) is 10.5. The van der Waals surface area contributed by atoms with E-state index in [0.29, 0.717) is 0 Å². The zero-order valence-corrected chi connectivity index (χ0v) is 9.40. The number of rotatable bonds is 2. The molecule has 0 fully saturated rings. The second kappa shape index (κ2) is 4.68. The van der Waals surface area contributed by atoms with Crippen molar-refractivity contribution < 1.29 is 0 Å². The molecule has 0 heterocycles. The van der Waals surface area contributed by atoms with Crippen molar-refractivity contribution in [2.45, 2.75) is 13.3 Å². The summed E-state index contributed by atoms with van der Waals surface area (Å²) >= 11 is 0. The summed E-state index contributed by atoms with van der Waals surface area (Å²) < 4.78 is 0. The first-order chi connectivity index (χ1) is 7.85. The molecule has 2 rings (SSSR count). The largest absolute Gasteiger partial charge is 0.115 e. The minimum absolute atomic E-state index is 0.951. The quantitative estimate of drug-likeness (QED) is 0.654. The van der Waals surface area contributed by atoms with Gasteiger partial charge in [-0.15, -0.1) is 6.42 Å². The number of hydrogen-bond acceptors (Lipinski definition) is 0. The van der Waals surface area contributed by atoms with Gasteiger partial charge in [0.05, 0.1) is 0 Å². The summed E-state index contributed by atoms with van der Waals surface area (Å²) in [5.41, 5.74) is 4.62. The van der Waals surface area contributed by atoms with Gasteiger partial charge in [0.2, 0.25) is 0 Å². The van der Waals surface area contributed by atoms with Crippen LogP contribution in [0.15, 0.2) is 48.5 Å². The van der Waals surface area contributed by atoms with Gasteiger partial charge in [-0.2, -0.15) is 0 Å². The number of terminal acetylenes is 1. The summed E-state index contributed by atoms with van der Waals surface area (Å²) in [6.45, 7) is 2.16. The highest BCUT2D eigenvalue weighted by Gasteiger charge is 2.01. The molecular formula is C16H14. The summed E-state index contributed by atoms with van der Waals surface area (Å²) in [4.78, 5) is 0. The first-order valence-corrected chi connectivity index (χ1v) is 5.50. The van der Waals surface area contributed by atoms with Crippen molar-refractivity contribution in [2.24, 2.45) is 0 Å². The van der Waals surface area contributed by atoms with Crippen LogP contribution in [-0.4, -0.2) is 0 Å². The van der Waals surface area contributed by atoms with Crippen molar-refractivity contribution >= 4 is 0 Å². The zero-order valence-electron chi connectivity index (χ0n) is 9.40. The Balaban J connectivity index is 2.47. The van der Waals surface area contributed by atoms with E-state index >= 15 is 0 Å². The number of hydrogen-bond donors (Lipinski definition) is 0. The van der Waals surface area contributed by atoms with Gasteiger partial charge in [-0.1, -0.05) is 55.3 Å². The van der Waals surface area contributed by atoms with Gasteiger partial charge >= 0.3 is 0 Å². The molecule has 0 spiro atoms. The topological polar surface area (TPSA) is 0 Å². The smallest absolute Gasteiger partial charge is 0.0321 e. The standard InChI is InChI=1S/C16H14/c1-3-13-9-11-15(12-10-13)16-8-6-5-7-14(16)4-2/h2,5-12H,3H2,1H3. The fourth-order valence-corrected chi connectivity index (χ4v) is 1.78. The molecule has 16 heavy (non-hydrogen) atoms. The predicted molar refractivity (Wildman–Crippen MR) is 69.2 cm³/mol. The lowest BCUT2D eigenvalue weighted by Gasteiger charge is -2.05. The molecule has 0 N–H and O–H groups in total. The second-order valence-corrected chi connectivity index (χ2v) is 3.74. The van der Waals surface area contributed by atoms with Gasteiger partial charge in [-0.05, 0) is 29.2 Å². The molecule has 0 saturated carbocycles. The molecule has 0 radical (unpaired) electrons. The zero-order chi connectivity index (χ0) is 11.4. The summed E-state index contributed by atoms with van der Waals surface area (Å²) in [5.74, 6) is 2.72. The molecule has 2 aromatic carbocycles. The molecule has 0 heteroatoms. The van der Waals surface area contributed by atoms with Crippen LogP contribution in [0.1, 0.15) is 18.1 Å². The van der Waals surface area contributed by atoms with E-state index < -0.39 is 0 Å². The Morgan fingerprint density at radius 2 is 1.69 bits per heavy atom. The van der Waals surface area contributed by atoms with Crippen LogP contribution >= 0.6 is 0 Å². The maximum Gasteiger partial charge on any atom is 0.0321 e. The van der Waals surface area contributed by atoms with Gasteiger partial charge in [0.25, 0.3) is 0 Å². The summed E-state index contributed by atoms with van der Waals surface area (Å²) in [6.07, 6.45) is 6.56. The van der Waals surface area contributed by atoms with E-state index in [-0.39, 0.29) is 0 Å². The fraction of sp³-hybridized carbons (Fsp3) is 0.125. The number of aryl methyl sites for hydroxylation is 1. The molecule has 0 amide bonds. The van der Waals surface area contributed by atoms with Crippen LogP contribution in [0.3, 0.4) is 0 Å². The van der Waals surface area contributed by atoms with Crippen molar-refractivity contribution in [3.8, 4) is 23.5 Å². The second-order valence-electron chi connectivity index (χ2n) is 3.74. The number of benzene rings is 2. The molecule has 0 unspecified atom stereocenters. The van der Waals surface area contributed by atoms with Crippen molar-refractivity contribution in [3.63, 3.8) is 0 Å². The third kappa shape index (κ3) is 1.99. The van der Waals surface area contributed by atoms with Gasteiger partial charge in [0.1, 0.15) is 0 Å². The van der Waals surface area contributed by atoms with Gasteiger partial charge in [-0.3, -0.25) is 0 Å². The Bertz CT molecular complexity index is 512. The SMILES string of the molecule is C#Cc1ccccc1-c1ccc(CC)cc1. The minimum Gasteiger partial charge on any atom is -0.115 e. The maximum atomic E-state index is 5.49. The molecule has 78 valence electrons. The average Bonchev–Trinajstić information content (AvgIpc) is 2.39. The van der Waals surface area contributed by atoms with Crippen LogP contribution in [0.25, 0.3) is 11.1 Å². The highest BCUT2D eigenvalue weighted by Crippen LogP contribution is 2.23. The van der Waals surface area contributed by atoms with E-state index in [1.807, 2.05) is 18.2 Å². The highest BCUT2D eigenvalue weighted by atomic mass is 14.0. The molecule has 0 saturated heterocycles. The monoisotopic (exact) mass is 206 g/mol. The third-order valence-electron chi connectivity index (χ3n) is 2.76. The Labute approximate surface area is 96.9 Å². The Morgan fingerprint density at radius 3 is 2.31 bits per heavy atom. The van der Waals surface area contributed by atoms with E-state index in [0.717, 1.165) is 17.5 Å². The van der Waals surface area contributed by atoms with Crippen molar-refractivity contribution in [1.29, 1.82) is 0 Å². The van der Waals surface area contributed by atoms with Crippen molar-refractivity contribution in [1.82, 2.24) is 0 Å². The van der Waals surface area contributed by atoms with E-state index in [4.69, 9.17) is 6.42 Å². The Hall–Kier alpha value is -2.00. The van der Waals surface area contributed by atoms with Crippen LogP contribution in [0.4, 0.5) is 0 Å². The van der Waals surface area contributed by atoms with E-state index in [1.54, 1.807) is 0 Å². The Kier molecular flexibility index (Phi) is 3.08. The van der Waals surface area contributed by atoms with Gasteiger partial charge in [0.15, 0.2) is 0 Å². The minimum atomic E-state index is 0.951. The first-order valence-electron chi connectivity index (χ1n) is 5.50. The van der Waals surface area contributed by atoms with Crippen LogP contribution in [0, 0.1) is 12.3 Å². The molecule has 0 aromatic heterocycles. The summed E-state index contributed by atoms with van der Waals surface area (Å²) in [6, 6.07) is 16.6. The Morgan fingerprint density at radius 1 is 1.00 bits per heavy atom. The van der Waals surface area contributed by atoms with E-state index in [1.165, 1.54) is 11.1 Å². The van der Waals surface area contributed by atoms with Crippen molar-refractivity contribution in [2.75, 3.05) is 0 Å². The van der Waals surface area contributed by atoms with E-state index in [9.17, 15) is 0 Å². The summed E-state index contributed by atoms with van der Waals surface area (Å²) in [5, 5.41) is 0. The van der Waals surface area contributed by atoms with Gasteiger partial charge in [-0.25, -0.2) is 0 Å². The van der Waals surface area contributed by atoms with Crippen molar-refractivity contribution in [3.05, 3.63) is 59.7 Å². The highest BCUT2D eigenvalue weighted by molar-refractivity contribution is 5.70. The van der Waals surface area contributed by atoms with Gasteiger partial charge in [0, 0.05) is 5.56 Å². The van der Waals surface area contributed by atoms with Gasteiger partial charge < -0.3 is 0 Å². The van der Waals surface area contributed by atoms with Crippen LogP contribution in [-0.2, 0) is 6.42 Å².